The summed E-state index contributed by atoms with van der Waals surface area (Å²) in [5.41, 5.74) is 4.87. The van der Waals surface area contributed by atoms with E-state index in [1.165, 1.54) is 0 Å². The van der Waals surface area contributed by atoms with Gasteiger partial charge in [0.25, 0.3) is 5.91 Å². The number of ether oxygens (including phenoxy) is 1. The number of hydrogen-bond donors (Lipinski definition) is 3. The first-order chi connectivity index (χ1) is 11.6. The zero-order valence-corrected chi connectivity index (χ0v) is 13.7. The normalized spacial score (nSPS) is 11.0. The van der Waals surface area contributed by atoms with Gasteiger partial charge < -0.3 is 15.2 Å². The van der Waals surface area contributed by atoms with Crippen molar-refractivity contribution in [3.63, 3.8) is 0 Å². The number of para-hydroxylation sites is 2. The van der Waals surface area contributed by atoms with Gasteiger partial charge in [-0.25, -0.2) is 5.43 Å². The molecular weight excluding hydrogens is 306 g/mol. The van der Waals surface area contributed by atoms with Crippen LogP contribution >= 0.6 is 0 Å². The molecule has 0 atom stereocenters. The summed E-state index contributed by atoms with van der Waals surface area (Å²) in [6.45, 7) is 2.03. The summed E-state index contributed by atoms with van der Waals surface area (Å²) in [6, 6.07) is 14.1. The Morgan fingerprint density at radius 3 is 2.54 bits per heavy atom. The minimum absolute atomic E-state index is 0.0798. The van der Waals surface area contributed by atoms with E-state index in [2.05, 4.69) is 15.8 Å². The Balaban J connectivity index is 1.94. The van der Waals surface area contributed by atoms with Crippen molar-refractivity contribution in [2.75, 3.05) is 19.0 Å². The Morgan fingerprint density at radius 2 is 1.88 bits per heavy atom. The third kappa shape index (κ3) is 4.74. The van der Waals surface area contributed by atoms with Gasteiger partial charge in [-0.3, -0.25) is 4.79 Å². The highest BCUT2D eigenvalue weighted by atomic mass is 16.5. The number of benzene rings is 2. The molecule has 2 rings (SSSR count). The molecule has 0 saturated heterocycles. The fourth-order valence-corrected chi connectivity index (χ4v) is 2.14. The molecule has 0 spiro atoms. The zero-order chi connectivity index (χ0) is 17.4. The molecule has 1 amide bonds. The van der Waals surface area contributed by atoms with E-state index in [1.54, 1.807) is 31.4 Å². The molecule has 0 aliphatic rings. The summed E-state index contributed by atoms with van der Waals surface area (Å²) in [5.74, 6) is 0.608. The molecule has 0 heterocycles. The molecule has 3 N–H and O–H groups in total. The lowest BCUT2D eigenvalue weighted by atomic mass is 10.1. The minimum atomic E-state index is -0.259. The number of phenols is 1. The number of aromatic hydroxyl groups is 1. The van der Waals surface area contributed by atoms with Crippen LogP contribution in [0.2, 0.25) is 0 Å². The molecule has 126 valence electrons. The van der Waals surface area contributed by atoms with Crippen LogP contribution in [0.15, 0.2) is 53.6 Å². The van der Waals surface area contributed by atoms with Crippen LogP contribution in [0.4, 0.5) is 5.69 Å². The molecule has 2 aromatic carbocycles. The SMILES string of the molecule is CC/C(=N\NC(=O)CNc1ccccc1OC)c1ccc(O)cc1. The second-order valence-electron chi connectivity index (χ2n) is 5.05. The van der Waals surface area contributed by atoms with Gasteiger partial charge >= 0.3 is 0 Å². The van der Waals surface area contributed by atoms with Crippen molar-refractivity contribution in [1.29, 1.82) is 0 Å². The van der Waals surface area contributed by atoms with Gasteiger partial charge in [-0.1, -0.05) is 19.1 Å². The second-order valence-corrected chi connectivity index (χ2v) is 5.05. The molecule has 0 aliphatic carbocycles. The van der Waals surface area contributed by atoms with E-state index in [-0.39, 0.29) is 18.2 Å². The Labute approximate surface area is 141 Å². The summed E-state index contributed by atoms with van der Waals surface area (Å²) in [6.07, 6.45) is 0.658. The van der Waals surface area contributed by atoms with Gasteiger partial charge in [0.1, 0.15) is 11.5 Å². The fraction of sp³-hybridized carbons (Fsp3) is 0.222. The van der Waals surface area contributed by atoms with E-state index in [0.29, 0.717) is 12.2 Å². The second kappa shape index (κ2) is 8.57. The van der Waals surface area contributed by atoms with Crippen LogP contribution in [0.5, 0.6) is 11.5 Å². The number of carbonyl (C=O) groups is 1. The quantitative estimate of drug-likeness (QED) is 0.539. The first kappa shape index (κ1) is 17.3. The average Bonchev–Trinajstić information content (AvgIpc) is 2.62. The molecule has 24 heavy (non-hydrogen) atoms. The smallest absolute Gasteiger partial charge is 0.259 e. The van der Waals surface area contributed by atoms with Gasteiger partial charge in [-0.2, -0.15) is 5.10 Å². The predicted octanol–water partition coefficient (Wildman–Crippen LogP) is 2.74. The number of nitrogens with one attached hydrogen (secondary N) is 2. The van der Waals surface area contributed by atoms with Crippen LogP contribution in [0.3, 0.4) is 0 Å². The topological polar surface area (TPSA) is 83.0 Å². The van der Waals surface area contributed by atoms with Gasteiger partial charge in [0.15, 0.2) is 0 Å². The standard InChI is InChI=1S/C18H21N3O3/c1-3-15(13-8-10-14(22)11-9-13)20-21-18(23)12-19-16-6-4-5-7-17(16)24-2/h4-11,19,22H,3,12H2,1-2H3,(H,21,23)/b20-15+. The number of phenolic OH excluding ortho intramolecular Hbond substituents is 1. The number of methoxy groups -OCH3 is 1. The van der Waals surface area contributed by atoms with Crippen LogP contribution in [-0.2, 0) is 4.79 Å². The summed E-state index contributed by atoms with van der Waals surface area (Å²) in [7, 11) is 1.58. The molecule has 0 bridgehead atoms. The first-order valence-electron chi connectivity index (χ1n) is 7.65. The highest BCUT2D eigenvalue weighted by molar-refractivity contribution is 6.01. The molecule has 0 unspecified atom stereocenters. The number of hydrazone groups is 1. The summed E-state index contributed by atoms with van der Waals surface area (Å²) < 4.78 is 5.22. The maximum atomic E-state index is 12.0. The lowest BCUT2D eigenvalue weighted by Crippen LogP contribution is -2.27. The lowest BCUT2D eigenvalue weighted by molar-refractivity contribution is -0.119. The molecule has 0 fully saturated rings. The van der Waals surface area contributed by atoms with Crippen molar-refractivity contribution < 1.29 is 14.6 Å². The highest BCUT2D eigenvalue weighted by Gasteiger charge is 2.06. The molecule has 6 nitrogen and oxygen atoms in total. The Kier molecular flexibility index (Phi) is 6.19. The predicted molar refractivity (Wildman–Crippen MR) is 94.6 cm³/mol. The van der Waals surface area contributed by atoms with Crippen molar-refractivity contribution in [2.24, 2.45) is 5.10 Å². The fourth-order valence-electron chi connectivity index (χ4n) is 2.14. The summed E-state index contributed by atoms with van der Waals surface area (Å²) >= 11 is 0. The number of amides is 1. The third-order valence-corrected chi connectivity index (χ3v) is 3.40. The van der Waals surface area contributed by atoms with E-state index >= 15 is 0 Å². The van der Waals surface area contributed by atoms with E-state index in [9.17, 15) is 9.90 Å². The van der Waals surface area contributed by atoms with E-state index < -0.39 is 0 Å². The maximum Gasteiger partial charge on any atom is 0.259 e. The molecule has 6 heteroatoms. The monoisotopic (exact) mass is 327 g/mol. The molecular formula is C18H21N3O3. The van der Waals surface area contributed by atoms with E-state index in [0.717, 1.165) is 17.0 Å². The summed E-state index contributed by atoms with van der Waals surface area (Å²) in [4.78, 5) is 12.0. The first-order valence-corrected chi connectivity index (χ1v) is 7.65. The largest absolute Gasteiger partial charge is 0.508 e. The minimum Gasteiger partial charge on any atom is -0.508 e. The number of anilines is 1. The summed E-state index contributed by atoms with van der Waals surface area (Å²) in [5, 5.41) is 16.5. The molecule has 0 radical (unpaired) electrons. The molecule has 0 saturated carbocycles. The van der Waals surface area contributed by atoms with E-state index in [1.807, 2.05) is 31.2 Å². The Morgan fingerprint density at radius 1 is 1.17 bits per heavy atom. The highest BCUT2D eigenvalue weighted by Crippen LogP contribution is 2.22. The zero-order valence-electron chi connectivity index (χ0n) is 13.7. The maximum absolute atomic E-state index is 12.0. The molecule has 0 aromatic heterocycles. The number of rotatable bonds is 7. The van der Waals surface area contributed by atoms with Crippen molar-refractivity contribution in [3.8, 4) is 11.5 Å². The van der Waals surface area contributed by atoms with Crippen LogP contribution < -0.4 is 15.5 Å². The Bertz CT molecular complexity index is 712. The van der Waals surface area contributed by atoms with Gasteiger partial charge in [0.2, 0.25) is 0 Å². The van der Waals surface area contributed by atoms with Crippen LogP contribution in [0, 0.1) is 0 Å². The van der Waals surface area contributed by atoms with Crippen LogP contribution in [-0.4, -0.2) is 30.4 Å². The van der Waals surface area contributed by atoms with Gasteiger partial charge in [-0.05, 0) is 48.4 Å². The van der Waals surface area contributed by atoms with Crippen molar-refractivity contribution in [1.82, 2.24) is 5.43 Å². The third-order valence-electron chi connectivity index (χ3n) is 3.40. The van der Waals surface area contributed by atoms with Gasteiger partial charge in [0.05, 0.1) is 25.1 Å². The van der Waals surface area contributed by atoms with E-state index in [4.69, 9.17) is 4.74 Å². The Hall–Kier alpha value is -3.02. The molecule has 2 aromatic rings. The average molecular weight is 327 g/mol. The van der Waals surface area contributed by atoms with Gasteiger partial charge in [-0.15, -0.1) is 0 Å². The number of hydrogen-bond acceptors (Lipinski definition) is 5. The molecule has 0 aliphatic heterocycles. The van der Waals surface area contributed by atoms with Crippen LogP contribution in [0.1, 0.15) is 18.9 Å². The number of nitrogens with zero attached hydrogens (tertiary/aromatic N) is 1. The van der Waals surface area contributed by atoms with Crippen molar-refractivity contribution >= 4 is 17.3 Å². The van der Waals surface area contributed by atoms with Gasteiger partial charge in [0, 0.05) is 0 Å². The number of carbonyl (C=O) groups excluding carboxylic acids is 1. The van der Waals surface area contributed by atoms with Crippen LogP contribution in [0.25, 0.3) is 0 Å². The van der Waals surface area contributed by atoms with Crippen molar-refractivity contribution in [3.05, 3.63) is 54.1 Å². The van der Waals surface area contributed by atoms with Crippen molar-refractivity contribution in [2.45, 2.75) is 13.3 Å². The lowest BCUT2D eigenvalue weighted by Gasteiger charge is -2.10.